The highest BCUT2D eigenvalue weighted by Gasteiger charge is 2.81. The van der Waals surface area contributed by atoms with E-state index in [-0.39, 0.29) is 23.4 Å². The van der Waals surface area contributed by atoms with Crippen LogP contribution in [0.15, 0.2) is 36.5 Å². The lowest BCUT2D eigenvalue weighted by Crippen LogP contribution is -2.59. The number of benzene rings is 2. The van der Waals surface area contributed by atoms with Gasteiger partial charge < -0.3 is 5.43 Å². The second-order valence-corrected chi connectivity index (χ2v) is 7.90. The lowest BCUT2D eigenvalue weighted by Gasteiger charge is -2.36. The van der Waals surface area contributed by atoms with Crippen molar-refractivity contribution in [3.63, 3.8) is 0 Å². The average molecular weight is 573 g/mol. The summed E-state index contributed by atoms with van der Waals surface area (Å²) in [7, 11) is 0. The fourth-order valence-corrected chi connectivity index (χ4v) is 3.78. The lowest BCUT2D eigenvalue weighted by atomic mass is 9.87. The number of nitro benzene ring substituents is 1. The summed E-state index contributed by atoms with van der Waals surface area (Å²) in [4.78, 5) is 9.89. The van der Waals surface area contributed by atoms with Crippen LogP contribution in [0.3, 0.4) is 0 Å². The Labute approximate surface area is 203 Å². The molecule has 1 atom stereocenters. The molecule has 2 aromatic rings. The molecule has 0 aliphatic carbocycles. The molecule has 1 heterocycles. The van der Waals surface area contributed by atoms with E-state index in [4.69, 9.17) is 23.2 Å². The quantitative estimate of drug-likeness (QED) is 0.234. The van der Waals surface area contributed by atoms with E-state index in [1.807, 2.05) is 0 Å². The zero-order chi connectivity index (χ0) is 27.4. The Kier molecular flexibility index (Phi) is 6.78. The maximum atomic E-state index is 14.7. The molecule has 0 spiro atoms. The molecule has 0 saturated carbocycles. The molecule has 1 aliphatic rings. The first-order chi connectivity index (χ1) is 16.3. The lowest BCUT2D eigenvalue weighted by molar-refractivity contribution is -0.389. The highest BCUT2D eigenvalue weighted by atomic mass is 35.5. The topological polar surface area (TPSA) is 70.4 Å². The van der Waals surface area contributed by atoms with Gasteiger partial charge in [0, 0.05) is 23.4 Å². The largest absolute Gasteiger partial charge is 0.457 e. The summed E-state index contributed by atoms with van der Waals surface area (Å²) < 4.78 is 134. The van der Waals surface area contributed by atoms with Crippen LogP contribution in [0, 0.1) is 15.9 Å². The molecule has 0 fully saturated rings. The monoisotopic (exact) mass is 572 g/mol. The number of hydrazine groups is 2. The molecule has 0 amide bonds. The Bertz CT molecular complexity index is 1230. The van der Waals surface area contributed by atoms with Crippen LogP contribution in [0.25, 0.3) is 5.70 Å². The van der Waals surface area contributed by atoms with Gasteiger partial charge in [0.2, 0.25) is 5.82 Å². The number of hydrogen-bond acceptors (Lipinski definition) is 5. The molecule has 0 radical (unpaired) electrons. The Hall–Kier alpha value is -2.98. The van der Waals surface area contributed by atoms with Crippen LogP contribution in [-0.4, -0.2) is 23.2 Å². The number of alkyl halides is 9. The number of anilines is 1. The molecule has 1 unspecified atom stereocenters. The molecule has 3 rings (SSSR count). The molecule has 2 aromatic carbocycles. The van der Waals surface area contributed by atoms with Crippen molar-refractivity contribution in [2.45, 2.75) is 23.9 Å². The van der Waals surface area contributed by atoms with Gasteiger partial charge in [0.05, 0.1) is 26.4 Å². The van der Waals surface area contributed by atoms with Gasteiger partial charge in [-0.25, -0.2) is 4.39 Å². The number of hydrogen-bond donors (Lipinski definition) is 2. The molecule has 196 valence electrons. The maximum Gasteiger partial charge on any atom is 0.457 e. The van der Waals surface area contributed by atoms with Crippen molar-refractivity contribution in [1.29, 1.82) is 0 Å². The molecule has 1 aliphatic heterocycles. The summed E-state index contributed by atoms with van der Waals surface area (Å²) in [5.41, 5.74) is -5.18. The second-order valence-electron chi connectivity index (χ2n) is 7.09. The van der Waals surface area contributed by atoms with Crippen LogP contribution >= 0.6 is 23.2 Å². The van der Waals surface area contributed by atoms with Crippen molar-refractivity contribution < 1.29 is 48.8 Å². The van der Waals surface area contributed by atoms with Crippen LogP contribution in [0.4, 0.5) is 55.3 Å². The van der Waals surface area contributed by atoms with Gasteiger partial charge in [-0.15, -0.1) is 5.53 Å². The Morgan fingerprint density at radius 3 is 1.92 bits per heavy atom. The number of nitrogens with one attached hydrogen (secondary N) is 2. The minimum absolute atomic E-state index is 0.00614. The van der Waals surface area contributed by atoms with Crippen LogP contribution in [0.2, 0.25) is 10.0 Å². The molecule has 6 nitrogen and oxygen atoms in total. The molecule has 0 saturated heterocycles. The number of nitro groups is 1. The average Bonchev–Trinajstić information content (AvgIpc) is 3.20. The Morgan fingerprint density at radius 1 is 0.889 bits per heavy atom. The van der Waals surface area contributed by atoms with Gasteiger partial charge in [-0.1, -0.05) is 23.2 Å². The van der Waals surface area contributed by atoms with Crippen molar-refractivity contribution in [2.75, 3.05) is 5.01 Å². The first-order valence-corrected chi connectivity index (χ1v) is 9.75. The third kappa shape index (κ3) is 4.37. The van der Waals surface area contributed by atoms with E-state index in [0.717, 1.165) is 29.4 Å². The van der Waals surface area contributed by atoms with Crippen molar-refractivity contribution >= 4 is 40.3 Å². The summed E-state index contributed by atoms with van der Waals surface area (Å²) in [5, 5.41) is 9.74. The molecule has 0 aromatic heterocycles. The van der Waals surface area contributed by atoms with Gasteiger partial charge >= 0.3 is 29.6 Å². The van der Waals surface area contributed by atoms with Crippen molar-refractivity contribution in [1.82, 2.24) is 11.0 Å². The van der Waals surface area contributed by atoms with Gasteiger partial charge in [0.15, 0.2) is 0 Å². The molecule has 0 bridgehead atoms. The smallest absolute Gasteiger partial charge is 0.301 e. The molecule has 2 N–H and O–H groups in total. The number of halogens is 12. The minimum atomic E-state index is -6.94. The van der Waals surface area contributed by atoms with E-state index < -0.39 is 61.7 Å². The number of nitrogens with zero attached hydrogens (tertiary/aromatic N) is 2. The van der Waals surface area contributed by atoms with E-state index in [0.29, 0.717) is 0 Å². The van der Waals surface area contributed by atoms with Crippen LogP contribution in [0.1, 0.15) is 11.1 Å². The summed E-state index contributed by atoms with van der Waals surface area (Å²) in [6.07, 6.45) is -12.7. The first kappa shape index (κ1) is 27.6. The first-order valence-electron chi connectivity index (χ1n) is 8.99. The Morgan fingerprint density at radius 2 is 1.44 bits per heavy atom. The van der Waals surface area contributed by atoms with E-state index in [1.165, 1.54) is 0 Å². The van der Waals surface area contributed by atoms with Crippen LogP contribution in [-0.2, 0) is 5.67 Å². The summed E-state index contributed by atoms with van der Waals surface area (Å²) in [5.74, 6) is -8.09. The zero-order valence-corrected chi connectivity index (χ0v) is 18.2. The number of rotatable bonds is 5. The van der Waals surface area contributed by atoms with Gasteiger partial charge in [0.25, 0.3) is 0 Å². The third-order valence-electron chi connectivity index (χ3n) is 4.86. The second kappa shape index (κ2) is 8.85. The third-order valence-corrected chi connectivity index (χ3v) is 5.43. The van der Waals surface area contributed by atoms with E-state index in [1.54, 1.807) is 0 Å². The maximum absolute atomic E-state index is 14.7. The molecular weight excluding hydrogens is 565 g/mol. The van der Waals surface area contributed by atoms with E-state index in [9.17, 15) is 54.0 Å². The standard InChI is InChI=1S/C18H8Cl2F10N4O2/c19-9-4-8(15(22,17(25,26)27)16(23,24)18(28,29)30)5-10(20)14(9)33-6-12(31-32-33)7-1-2-11(21)13(3-7)34(35)36/h1-6,31-32H. The fraction of sp³-hybridized carbons (Fsp3) is 0.222. The normalized spacial score (nSPS) is 16.4. The van der Waals surface area contributed by atoms with E-state index >= 15 is 0 Å². The highest BCUT2D eigenvalue weighted by molar-refractivity contribution is 6.39. The summed E-state index contributed by atoms with van der Waals surface area (Å²) in [6.45, 7) is 0. The molecular formula is C18H8Cl2F10N4O2. The van der Waals surface area contributed by atoms with Crippen molar-refractivity contribution in [3.05, 3.63) is 73.6 Å². The van der Waals surface area contributed by atoms with Crippen LogP contribution < -0.4 is 16.0 Å². The SMILES string of the molecule is O=[N+]([O-])c1cc(C2=CN(c3c(Cl)cc(C(F)(C(F)(F)F)C(F)(F)C(F)(F)F)cc3Cl)NN2)ccc1F. The molecule has 36 heavy (non-hydrogen) atoms. The summed E-state index contributed by atoms with van der Waals surface area (Å²) >= 11 is 11.6. The van der Waals surface area contributed by atoms with Crippen molar-refractivity contribution in [2.24, 2.45) is 0 Å². The zero-order valence-electron chi connectivity index (χ0n) is 16.7. The van der Waals surface area contributed by atoms with Gasteiger partial charge in [-0.3, -0.25) is 15.1 Å². The summed E-state index contributed by atoms with van der Waals surface area (Å²) in [6, 6.07) is 2.45. The van der Waals surface area contributed by atoms with Gasteiger partial charge in [-0.05, 0) is 24.3 Å². The van der Waals surface area contributed by atoms with Gasteiger partial charge in [0.1, 0.15) is 0 Å². The van der Waals surface area contributed by atoms with Crippen LogP contribution in [0.5, 0.6) is 0 Å². The van der Waals surface area contributed by atoms with Crippen molar-refractivity contribution in [3.8, 4) is 0 Å². The van der Waals surface area contributed by atoms with Gasteiger partial charge in [-0.2, -0.15) is 39.5 Å². The fourth-order valence-electron chi connectivity index (χ4n) is 3.11. The molecule has 18 heteroatoms. The predicted molar refractivity (Wildman–Crippen MR) is 106 cm³/mol. The minimum Gasteiger partial charge on any atom is -0.301 e. The predicted octanol–water partition coefficient (Wildman–Crippen LogP) is 6.79. The van der Waals surface area contributed by atoms with E-state index in [2.05, 4.69) is 11.0 Å². The highest BCUT2D eigenvalue weighted by Crippen LogP contribution is 2.59. The Balaban J connectivity index is 2.08.